The fourth-order valence-electron chi connectivity index (χ4n) is 2.11. The van der Waals surface area contributed by atoms with Crippen LogP contribution in [0.15, 0.2) is 34.9 Å². The molecule has 0 amide bonds. The zero-order valence-electron chi connectivity index (χ0n) is 10.8. The molecule has 0 bridgehead atoms. The molecule has 0 fully saturated rings. The first kappa shape index (κ1) is 12.3. The summed E-state index contributed by atoms with van der Waals surface area (Å²) in [6.45, 7) is 2.47. The third-order valence-electron chi connectivity index (χ3n) is 3.16. The van der Waals surface area contributed by atoms with Crippen molar-refractivity contribution in [2.75, 3.05) is 0 Å². The Morgan fingerprint density at radius 2 is 2.21 bits per heavy atom. The molecule has 0 saturated heterocycles. The first-order chi connectivity index (χ1) is 9.15. The van der Waals surface area contributed by atoms with Crippen molar-refractivity contribution in [1.29, 1.82) is 0 Å². The molecule has 5 heteroatoms. The maximum absolute atomic E-state index is 5.84. The van der Waals surface area contributed by atoms with Crippen LogP contribution in [-0.2, 0) is 13.7 Å². The van der Waals surface area contributed by atoms with Crippen LogP contribution in [0, 0.1) is 6.92 Å². The smallest absolute Gasteiger partial charge is 0.131 e. The van der Waals surface area contributed by atoms with E-state index in [0.29, 0.717) is 6.61 Å². The minimum atomic E-state index is 0.494. The number of rotatable bonds is 3. The third kappa shape index (κ3) is 2.26. The number of nitrogens with one attached hydrogen (secondary N) is 1. The molecule has 0 aliphatic rings. The summed E-state index contributed by atoms with van der Waals surface area (Å²) >= 11 is 3.54. The summed E-state index contributed by atoms with van der Waals surface area (Å²) in [5.41, 5.74) is 3.12. The normalized spacial score (nSPS) is 11.1. The van der Waals surface area contributed by atoms with Gasteiger partial charge < -0.3 is 9.72 Å². The SMILES string of the molecule is Cc1nn(C)c(COc2ccc3[nH]ccc3c2)c1Br. The second kappa shape index (κ2) is 4.74. The number of aromatic amines is 1. The molecule has 2 aromatic heterocycles. The van der Waals surface area contributed by atoms with Gasteiger partial charge in [0.15, 0.2) is 0 Å². The summed E-state index contributed by atoms with van der Waals surface area (Å²) in [6.07, 6.45) is 1.93. The summed E-state index contributed by atoms with van der Waals surface area (Å²) < 4.78 is 8.69. The van der Waals surface area contributed by atoms with Crippen LogP contribution in [0.3, 0.4) is 0 Å². The van der Waals surface area contributed by atoms with E-state index in [1.165, 1.54) is 0 Å². The standard InChI is InChI=1S/C14H14BrN3O/c1-9-14(15)13(18(2)17-9)8-19-11-3-4-12-10(7-11)5-6-16-12/h3-7,16H,8H2,1-2H3. The van der Waals surface area contributed by atoms with Crippen molar-refractivity contribution in [1.82, 2.24) is 14.8 Å². The van der Waals surface area contributed by atoms with Gasteiger partial charge in [0.1, 0.15) is 12.4 Å². The number of nitrogens with zero attached hydrogens (tertiary/aromatic N) is 2. The van der Waals surface area contributed by atoms with Gasteiger partial charge in [-0.05, 0) is 47.1 Å². The molecule has 98 valence electrons. The summed E-state index contributed by atoms with van der Waals surface area (Å²) in [7, 11) is 1.92. The topological polar surface area (TPSA) is 42.8 Å². The Bertz CT molecular complexity index is 729. The Morgan fingerprint density at radius 1 is 1.37 bits per heavy atom. The van der Waals surface area contributed by atoms with E-state index in [9.17, 15) is 0 Å². The van der Waals surface area contributed by atoms with Crippen molar-refractivity contribution in [3.63, 3.8) is 0 Å². The first-order valence-electron chi connectivity index (χ1n) is 6.03. The lowest BCUT2D eigenvalue weighted by Gasteiger charge is -2.07. The number of halogens is 1. The fourth-order valence-corrected chi connectivity index (χ4v) is 2.56. The molecule has 0 radical (unpaired) electrons. The number of fused-ring (bicyclic) bond motifs is 1. The third-order valence-corrected chi connectivity index (χ3v) is 4.19. The summed E-state index contributed by atoms with van der Waals surface area (Å²) in [5, 5.41) is 5.50. The zero-order chi connectivity index (χ0) is 13.4. The number of hydrogen-bond donors (Lipinski definition) is 1. The van der Waals surface area contributed by atoms with Gasteiger partial charge in [0.2, 0.25) is 0 Å². The van der Waals surface area contributed by atoms with Crippen LogP contribution in [0.5, 0.6) is 5.75 Å². The quantitative estimate of drug-likeness (QED) is 0.802. The molecule has 4 nitrogen and oxygen atoms in total. The Morgan fingerprint density at radius 3 is 2.95 bits per heavy atom. The molecule has 0 aliphatic heterocycles. The molecule has 1 aromatic carbocycles. The Balaban J connectivity index is 1.81. The lowest BCUT2D eigenvalue weighted by Crippen LogP contribution is -2.03. The highest BCUT2D eigenvalue weighted by molar-refractivity contribution is 9.10. The average Bonchev–Trinajstić information content (AvgIpc) is 2.94. The van der Waals surface area contributed by atoms with Crippen LogP contribution < -0.4 is 4.74 Å². The molecule has 0 atom stereocenters. The van der Waals surface area contributed by atoms with E-state index in [-0.39, 0.29) is 0 Å². The van der Waals surface area contributed by atoms with Gasteiger partial charge in [-0.25, -0.2) is 0 Å². The van der Waals surface area contributed by atoms with Crippen molar-refractivity contribution in [2.45, 2.75) is 13.5 Å². The number of benzene rings is 1. The Labute approximate surface area is 119 Å². The van der Waals surface area contributed by atoms with Crippen LogP contribution in [0.1, 0.15) is 11.4 Å². The summed E-state index contributed by atoms with van der Waals surface area (Å²) in [5.74, 6) is 0.859. The second-order valence-electron chi connectivity index (χ2n) is 4.49. The van der Waals surface area contributed by atoms with Crippen molar-refractivity contribution >= 4 is 26.8 Å². The molecule has 0 unspecified atom stereocenters. The lowest BCUT2D eigenvalue weighted by atomic mass is 10.2. The van der Waals surface area contributed by atoms with Gasteiger partial charge in [0, 0.05) is 24.1 Å². The molecule has 19 heavy (non-hydrogen) atoms. The van der Waals surface area contributed by atoms with Gasteiger partial charge >= 0.3 is 0 Å². The van der Waals surface area contributed by atoms with Crippen molar-refractivity contribution in [3.05, 3.63) is 46.3 Å². The van der Waals surface area contributed by atoms with E-state index < -0.39 is 0 Å². The minimum Gasteiger partial charge on any atom is -0.487 e. The van der Waals surface area contributed by atoms with Crippen molar-refractivity contribution in [3.8, 4) is 5.75 Å². The largest absolute Gasteiger partial charge is 0.487 e. The molecule has 1 N–H and O–H groups in total. The Kier molecular flexibility index (Phi) is 3.06. The highest BCUT2D eigenvalue weighted by Crippen LogP contribution is 2.24. The van der Waals surface area contributed by atoms with Crippen LogP contribution in [0.2, 0.25) is 0 Å². The van der Waals surface area contributed by atoms with E-state index >= 15 is 0 Å². The second-order valence-corrected chi connectivity index (χ2v) is 5.28. The van der Waals surface area contributed by atoms with Gasteiger partial charge in [0.25, 0.3) is 0 Å². The molecule has 3 rings (SSSR count). The molecule has 0 saturated carbocycles. The van der Waals surface area contributed by atoms with E-state index in [1.807, 2.05) is 49.1 Å². The van der Waals surface area contributed by atoms with Gasteiger partial charge in [-0.3, -0.25) is 4.68 Å². The van der Waals surface area contributed by atoms with Crippen LogP contribution in [0.25, 0.3) is 10.9 Å². The maximum Gasteiger partial charge on any atom is 0.131 e. The van der Waals surface area contributed by atoms with Gasteiger partial charge in [0.05, 0.1) is 15.9 Å². The minimum absolute atomic E-state index is 0.494. The first-order valence-corrected chi connectivity index (χ1v) is 6.82. The molecule has 2 heterocycles. The Hall–Kier alpha value is -1.75. The van der Waals surface area contributed by atoms with Crippen LogP contribution >= 0.6 is 15.9 Å². The lowest BCUT2D eigenvalue weighted by molar-refractivity contribution is 0.294. The predicted octanol–water partition coefficient (Wildman–Crippen LogP) is 3.55. The van der Waals surface area contributed by atoms with E-state index in [0.717, 1.165) is 32.5 Å². The maximum atomic E-state index is 5.84. The average molecular weight is 320 g/mol. The van der Waals surface area contributed by atoms with Crippen molar-refractivity contribution < 1.29 is 4.74 Å². The van der Waals surface area contributed by atoms with Gasteiger partial charge in [-0.15, -0.1) is 0 Å². The van der Waals surface area contributed by atoms with Crippen LogP contribution in [0.4, 0.5) is 0 Å². The number of hydrogen-bond acceptors (Lipinski definition) is 2. The highest BCUT2D eigenvalue weighted by Gasteiger charge is 2.11. The number of aromatic nitrogens is 3. The predicted molar refractivity (Wildman–Crippen MR) is 78.3 cm³/mol. The van der Waals surface area contributed by atoms with Crippen LogP contribution in [-0.4, -0.2) is 14.8 Å². The summed E-state index contributed by atoms with van der Waals surface area (Å²) in [6, 6.07) is 8.06. The molecular formula is C14H14BrN3O. The highest BCUT2D eigenvalue weighted by atomic mass is 79.9. The summed E-state index contributed by atoms with van der Waals surface area (Å²) in [4.78, 5) is 3.16. The fraction of sp³-hybridized carbons (Fsp3) is 0.214. The van der Waals surface area contributed by atoms with E-state index in [2.05, 4.69) is 26.0 Å². The number of aryl methyl sites for hydroxylation is 2. The van der Waals surface area contributed by atoms with E-state index in [1.54, 1.807) is 0 Å². The van der Waals surface area contributed by atoms with Crippen molar-refractivity contribution in [2.24, 2.45) is 7.05 Å². The van der Waals surface area contributed by atoms with E-state index in [4.69, 9.17) is 4.74 Å². The number of ether oxygens (including phenoxy) is 1. The molecule has 3 aromatic rings. The van der Waals surface area contributed by atoms with Gasteiger partial charge in [-0.2, -0.15) is 5.10 Å². The molecule has 0 aliphatic carbocycles. The molecular weight excluding hydrogens is 306 g/mol. The van der Waals surface area contributed by atoms with Gasteiger partial charge in [-0.1, -0.05) is 0 Å². The monoisotopic (exact) mass is 319 g/mol. The zero-order valence-corrected chi connectivity index (χ0v) is 12.4. The number of H-pyrrole nitrogens is 1. The molecule has 0 spiro atoms.